The highest BCUT2D eigenvalue weighted by atomic mass is 19.1. The number of hydrogen-bond donors (Lipinski definition) is 2. The number of halogens is 1. The van der Waals surface area contributed by atoms with Gasteiger partial charge in [-0.05, 0) is 55.8 Å². The number of rotatable bonds is 4. The average Bonchev–Trinajstić information content (AvgIpc) is 2.45. The van der Waals surface area contributed by atoms with Gasteiger partial charge in [0.2, 0.25) is 0 Å². The van der Waals surface area contributed by atoms with Gasteiger partial charge in [-0.3, -0.25) is 4.79 Å². The topological polar surface area (TPSA) is 64.3 Å². The molecule has 2 aromatic carbocycles. The lowest BCUT2D eigenvalue weighted by Gasteiger charge is -2.15. The van der Waals surface area contributed by atoms with Gasteiger partial charge in [0, 0.05) is 11.4 Å². The summed E-state index contributed by atoms with van der Waals surface area (Å²) in [5.74, 6) is -0.789. The van der Waals surface area contributed by atoms with E-state index in [1.54, 1.807) is 43.3 Å². The van der Waals surface area contributed by atoms with E-state index in [2.05, 4.69) is 5.32 Å². The molecule has 0 bridgehead atoms. The van der Waals surface area contributed by atoms with Gasteiger partial charge >= 0.3 is 0 Å². The lowest BCUT2D eigenvalue weighted by Crippen LogP contribution is -2.30. The Bertz CT molecular complexity index is 641. The van der Waals surface area contributed by atoms with Gasteiger partial charge in [0.05, 0.1) is 0 Å². The van der Waals surface area contributed by atoms with E-state index in [1.165, 1.54) is 6.07 Å². The summed E-state index contributed by atoms with van der Waals surface area (Å²) in [6, 6.07) is 11.3. The molecule has 0 saturated heterocycles. The molecule has 1 atom stereocenters. The number of ether oxygens (including phenoxy) is 1. The fourth-order valence-electron chi connectivity index (χ4n) is 1.76. The summed E-state index contributed by atoms with van der Waals surface area (Å²) in [6.07, 6.45) is -0.821. The molecule has 0 aliphatic rings. The average molecular weight is 288 g/mol. The van der Waals surface area contributed by atoms with Crippen molar-refractivity contribution in [2.24, 2.45) is 0 Å². The Hall–Kier alpha value is -2.56. The highest BCUT2D eigenvalue weighted by Crippen LogP contribution is 2.20. The Morgan fingerprint density at radius 1 is 1.24 bits per heavy atom. The number of carbonyl (C=O) groups is 1. The Kier molecular flexibility index (Phi) is 4.42. The Morgan fingerprint density at radius 2 is 1.90 bits per heavy atom. The molecule has 21 heavy (non-hydrogen) atoms. The summed E-state index contributed by atoms with van der Waals surface area (Å²) >= 11 is 0. The van der Waals surface area contributed by atoms with Crippen LogP contribution in [0.15, 0.2) is 42.5 Å². The SMILES string of the molecule is Cc1ccc(F)c(OC(C)C(=O)Nc2ccc(N)cc2)c1. The van der Waals surface area contributed by atoms with Gasteiger partial charge in [-0.2, -0.15) is 0 Å². The number of amides is 1. The van der Waals surface area contributed by atoms with Crippen LogP contribution >= 0.6 is 0 Å². The third-order valence-electron chi connectivity index (χ3n) is 2.94. The van der Waals surface area contributed by atoms with E-state index in [0.717, 1.165) is 5.56 Å². The first-order valence-corrected chi connectivity index (χ1v) is 6.55. The van der Waals surface area contributed by atoms with Crippen molar-refractivity contribution in [3.63, 3.8) is 0 Å². The van der Waals surface area contributed by atoms with Gasteiger partial charge < -0.3 is 15.8 Å². The number of carbonyl (C=O) groups excluding carboxylic acids is 1. The quantitative estimate of drug-likeness (QED) is 0.850. The van der Waals surface area contributed by atoms with E-state index in [9.17, 15) is 9.18 Å². The van der Waals surface area contributed by atoms with Crippen molar-refractivity contribution >= 4 is 17.3 Å². The van der Waals surface area contributed by atoms with Crippen molar-refractivity contribution < 1.29 is 13.9 Å². The molecule has 0 aliphatic heterocycles. The fourth-order valence-corrected chi connectivity index (χ4v) is 1.76. The Labute approximate surface area is 122 Å². The standard InChI is InChI=1S/C16H17FN2O2/c1-10-3-8-14(17)15(9-10)21-11(2)16(20)19-13-6-4-12(18)5-7-13/h3-9,11H,18H2,1-2H3,(H,19,20). The Balaban J connectivity index is 2.02. The van der Waals surface area contributed by atoms with Crippen LogP contribution in [0.25, 0.3) is 0 Å². The molecule has 4 nitrogen and oxygen atoms in total. The zero-order chi connectivity index (χ0) is 15.4. The predicted molar refractivity (Wildman–Crippen MR) is 80.7 cm³/mol. The monoisotopic (exact) mass is 288 g/mol. The zero-order valence-corrected chi connectivity index (χ0v) is 11.9. The summed E-state index contributed by atoms with van der Waals surface area (Å²) in [6.45, 7) is 3.39. The van der Waals surface area contributed by atoms with E-state index in [4.69, 9.17) is 10.5 Å². The van der Waals surface area contributed by atoms with Crippen molar-refractivity contribution in [1.29, 1.82) is 0 Å². The molecule has 0 saturated carbocycles. The normalized spacial score (nSPS) is 11.8. The third-order valence-corrected chi connectivity index (χ3v) is 2.94. The van der Waals surface area contributed by atoms with E-state index in [-0.39, 0.29) is 11.7 Å². The minimum absolute atomic E-state index is 0.0648. The van der Waals surface area contributed by atoms with E-state index in [1.807, 2.05) is 6.92 Å². The third kappa shape index (κ3) is 3.95. The number of nitrogens with two attached hydrogens (primary N) is 1. The number of hydrogen-bond acceptors (Lipinski definition) is 3. The predicted octanol–water partition coefficient (Wildman–Crippen LogP) is 3.12. The fraction of sp³-hybridized carbons (Fsp3) is 0.188. The van der Waals surface area contributed by atoms with Crippen LogP contribution in [0.2, 0.25) is 0 Å². The summed E-state index contributed by atoms with van der Waals surface area (Å²) < 4.78 is 19.0. The molecule has 1 amide bonds. The molecule has 0 aromatic heterocycles. The summed E-state index contributed by atoms with van der Waals surface area (Å²) in [5, 5.41) is 2.68. The molecule has 1 unspecified atom stereocenters. The molecule has 5 heteroatoms. The van der Waals surface area contributed by atoms with Crippen LogP contribution in [0.5, 0.6) is 5.75 Å². The number of anilines is 2. The zero-order valence-electron chi connectivity index (χ0n) is 11.9. The number of nitrogens with one attached hydrogen (secondary N) is 1. The molecule has 3 N–H and O–H groups in total. The maximum Gasteiger partial charge on any atom is 0.265 e. The van der Waals surface area contributed by atoms with E-state index in [0.29, 0.717) is 11.4 Å². The second-order valence-corrected chi connectivity index (χ2v) is 4.81. The molecule has 0 radical (unpaired) electrons. The van der Waals surface area contributed by atoms with Crippen LogP contribution < -0.4 is 15.8 Å². The smallest absolute Gasteiger partial charge is 0.265 e. The maximum atomic E-state index is 13.6. The van der Waals surface area contributed by atoms with Crippen molar-refractivity contribution in [1.82, 2.24) is 0 Å². The highest BCUT2D eigenvalue weighted by molar-refractivity contribution is 5.94. The molecular weight excluding hydrogens is 271 g/mol. The molecule has 2 rings (SSSR count). The van der Waals surface area contributed by atoms with Crippen LogP contribution in [0.3, 0.4) is 0 Å². The molecular formula is C16H17FN2O2. The largest absolute Gasteiger partial charge is 0.478 e. The van der Waals surface area contributed by atoms with Crippen molar-refractivity contribution in [3.05, 3.63) is 53.8 Å². The lowest BCUT2D eigenvalue weighted by molar-refractivity contribution is -0.122. The van der Waals surface area contributed by atoms with Gasteiger partial charge in [-0.25, -0.2) is 4.39 Å². The highest BCUT2D eigenvalue weighted by Gasteiger charge is 2.16. The molecule has 0 fully saturated rings. The van der Waals surface area contributed by atoms with Crippen LogP contribution in [-0.2, 0) is 4.79 Å². The van der Waals surface area contributed by atoms with Gasteiger partial charge in [0.1, 0.15) is 0 Å². The van der Waals surface area contributed by atoms with Crippen LogP contribution in [-0.4, -0.2) is 12.0 Å². The van der Waals surface area contributed by atoms with Gasteiger partial charge in [-0.15, -0.1) is 0 Å². The van der Waals surface area contributed by atoms with E-state index < -0.39 is 11.9 Å². The maximum absolute atomic E-state index is 13.6. The lowest BCUT2D eigenvalue weighted by atomic mass is 10.2. The second-order valence-electron chi connectivity index (χ2n) is 4.81. The number of nitrogen functional groups attached to an aromatic ring is 1. The van der Waals surface area contributed by atoms with Crippen LogP contribution in [0.4, 0.5) is 15.8 Å². The van der Waals surface area contributed by atoms with Crippen LogP contribution in [0, 0.1) is 12.7 Å². The minimum Gasteiger partial charge on any atom is -0.478 e. The first-order valence-electron chi connectivity index (χ1n) is 6.55. The Morgan fingerprint density at radius 3 is 2.57 bits per heavy atom. The van der Waals surface area contributed by atoms with Crippen LogP contribution in [0.1, 0.15) is 12.5 Å². The number of benzene rings is 2. The van der Waals surface area contributed by atoms with Crippen molar-refractivity contribution in [2.75, 3.05) is 11.1 Å². The molecule has 2 aromatic rings. The first kappa shape index (κ1) is 14.8. The second kappa shape index (κ2) is 6.26. The summed E-state index contributed by atoms with van der Waals surface area (Å²) in [5.41, 5.74) is 7.65. The molecule has 0 heterocycles. The van der Waals surface area contributed by atoms with Gasteiger partial charge in [0.15, 0.2) is 17.7 Å². The van der Waals surface area contributed by atoms with Gasteiger partial charge in [-0.1, -0.05) is 6.07 Å². The van der Waals surface area contributed by atoms with Crippen molar-refractivity contribution in [3.8, 4) is 5.75 Å². The van der Waals surface area contributed by atoms with Gasteiger partial charge in [0.25, 0.3) is 5.91 Å². The molecule has 0 spiro atoms. The first-order chi connectivity index (χ1) is 9.95. The molecule has 110 valence electrons. The molecule has 0 aliphatic carbocycles. The summed E-state index contributed by atoms with van der Waals surface area (Å²) in [7, 11) is 0. The summed E-state index contributed by atoms with van der Waals surface area (Å²) in [4.78, 5) is 12.0. The van der Waals surface area contributed by atoms with Crippen molar-refractivity contribution in [2.45, 2.75) is 20.0 Å². The van der Waals surface area contributed by atoms with E-state index >= 15 is 0 Å². The minimum atomic E-state index is -0.821. The number of aryl methyl sites for hydroxylation is 1.